The molecule has 0 aliphatic carbocycles. The number of pyridine rings is 1. The van der Waals surface area contributed by atoms with Crippen molar-refractivity contribution in [2.24, 2.45) is 5.73 Å². The number of nitrogens with two attached hydrogens (primary N) is 1. The molecule has 3 aromatic rings. The minimum atomic E-state index is 0.498. The molecule has 0 saturated heterocycles. The minimum absolute atomic E-state index is 0.498. The molecule has 5 nitrogen and oxygen atoms in total. The van der Waals surface area contributed by atoms with Crippen molar-refractivity contribution in [3.05, 3.63) is 41.9 Å². The Bertz CT molecular complexity index is 720. The third-order valence-corrected chi connectivity index (χ3v) is 2.90. The van der Waals surface area contributed by atoms with Gasteiger partial charge in [0.15, 0.2) is 0 Å². The van der Waals surface area contributed by atoms with Gasteiger partial charge in [-0.2, -0.15) is 0 Å². The fraction of sp³-hybridized carbons (Fsp3) is 0.214. The lowest BCUT2D eigenvalue weighted by Gasteiger charge is -2.03. The smallest absolute Gasteiger partial charge is 0.248 e. The van der Waals surface area contributed by atoms with Crippen LogP contribution in [-0.2, 0) is 6.42 Å². The van der Waals surface area contributed by atoms with E-state index in [1.165, 1.54) is 0 Å². The van der Waals surface area contributed by atoms with E-state index in [-0.39, 0.29) is 0 Å². The maximum atomic E-state index is 5.64. The maximum Gasteiger partial charge on any atom is 0.248 e. The van der Waals surface area contributed by atoms with Gasteiger partial charge in [-0.3, -0.25) is 4.98 Å². The number of rotatable bonds is 3. The average Bonchev–Trinajstić information content (AvgIpc) is 2.86. The van der Waals surface area contributed by atoms with E-state index in [9.17, 15) is 0 Å². The van der Waals surface area contributed by atoms with E-state index in [1.54, 1.807) is 0 Å². The molecular weight excluding hydrogens is 240 g/mol. The number of aryl methyl sites for hydroxylation is 1. The number of fused-ring (bicyclic) bond motifs is 1. The lowest BCUT2D eigenvalue weighted by Crippen LogP contribution is -2.02. The highest BCUT2D eigenvalue weighted by atomic mass is 16.4. The first-order valence-corrected chi connectivity index (χ1v) is 6.17. The monoisotopic (exact) mass is 254 g/mol. The molecule has 2 aromatic heterocycles. The molecular formula is C14H14N4O. The average molecular weight is 254 g/mol. The van der Waals surface area contributed by atoms with Crippen LogP contribution in [0.15, 0.2) is 34.7 Å². The second-order valence-electron chi connectivity index (χ2n) is 4.37. The predicted molar refractivity (Wildman–Crippen MR) is 72.5 cm³/mol. The van der Waals surface area contributed by atoms with Gasteiger partial charge in [0.2, 0.25) is 11.8 Å². The molecule has 96 valence electrons. The van der Waals surface area contributed by atoms with Crippen LogP contribution in [0, 0.1) is 6.92 Å². The van der Waals surface area contributed by atoms with Gasteiger partial charge in [-0.25, -0.2) is 0 Å². The molecule has 1 aromatic carbocycles. The highest BCUT2D eigenvalue weighted by Crippen LogP contribution is 2.27. The van der Waals surface area contributed by atoms with E-state index in [2.05, 4.69) is 15.2 Å². The summed E-state index contributed by atoms with van der Waals surface area (Å²) in [6.07, 6.45) is 0.592. The van der Waals surface area contributed by atoms with Gasteiger partial charge < -0.3 is 10.2 Å². The molecule has 2 heterocycles. The van der Waals surface area contributed by atoms with E-state index in [0.717, 1.165) is 22.2 Å². The summed E-state index contributed by atoms with van der Waals surface area (Å²) in [5.41, 5.74) is 8.25. The number of hydrogen-bond donors (Lipinski definition) is 1. The van der Waals surface area contributed by atoms with Crippen LogP contribution in [0.2, 0.25) is 0 Å². The first-order valence-electron chi connectivity index (χ1n) is 6.17. The molecule has 0 spiro atoms. The first kappa shape index (κ1) is 11.8. The molecule has 0 bridgehead atoms. The molecule has 0 saturated carbocycles. The quantitative estimate of drug-likeness (QED) is 0.774. The molecule has 0 amide bonds. The summed E-state index contributed by atoms with van der Waals surface area (Å²) < 4.78 is 5.64. The molecule has 0 radical (unpaired) electrons. The van der Waals surface area contributed by atoms with Gasteiger partial charge in [0.1, 0.15) is 0 Å². The van der Waals surface area contributed by atoms with Crippen LogP contribution in [0.5, 0.6) is 0 Å². The molecule has 0 fully saturated rings. The van der Waals surface area contributed by atoms with Crippen LogP contribution in [0.4, 0.5) is 0 Å². The predicted octanol–water partition coefficient (Wildman–Crippen LogP) is 2.09. The summed E-state index contributed by atoms with van der Waals surface area (Å²) in [6.45, 7) is 2.45. The van der Waals surface area contributed by atoms with E-state index in [4.69, 9.17) is 10.2 Å². The number of para-hydroxylation sites is 1. The van der Waals surface area contributed by atoms with Gasteiger partial charge >= 0.3 is 0 Å². The molecule has 0 aliphatic heterocycles. The molecule has 19 heavy (non-hydrogen) atoms. The van der Waals surface area contributed by atoms with E-state index in [1.807, 2.05) is 37.3 Å². The summed E-state index contributed by atoms with van der Waals surface area (Å²) in [5.74, 6) is 1.08. The summed E-state index contributed by atoms with van der Waals surface area (Å²) in [7, 11) is 0. The number of nitrogens with zero attached hydrogens (tertiary/aromatic N) is 3. The highest BCUT2D eigenvalue weighted by Gasteiger charge is 2.12. The van der Waals surface area contributed by atoms with Crippen LogP contribution < -0.4 is 5.73 Å². The van der Waals surface area contributed by atoms with Gasteiger partial charge in [0.25, 0.3) is 0 Å². The van der Waals surface area contributed by atoms with Crippen molar-refractivity contribution in [1.82, 2.24) is 15.2 Å². The summed E-state index contributed by atoms with van der Waals surface area (Å²) in [4.78, 5) is 4.50. The summed E-state index contributed by atoms with van der Waals surface area (Å²) >= 11 is 0. The molecule has 0 aliphatic rings. The highest BCUT2D eigenvalue weighted by molar-refractivity contribution is 5.92. The molecule has 0 unspecified atom stereocenters. The lowest BCUT2D eigenvalue weighted by molar-refractivity contribution is 0.507. The third-order valence-electron chi connectivity index (χ3n) is 2.90. The van der Waals surface area contributed by atoms with Gasteiger partial charge in [-0.15, -0.1) is 10.2 Å². The number of aromatic nitrogens is 3. The Balaban J connectivity index is 2.17. The van der Waals surface area contributed by atoms with Crippen LogP contribution >= 0.6 is 0 Å². The fourth-order valence-corrected chi connectivity index (χ4v) is 2.07. The Kier molecular flexibility index (Phi) is 2.97. The topological polar surface area (TPSA) is 77.8 Å². The minimum Gasteiger partial charge on any atom is -0.421 e. The molecule has 0 atom stereocenters. The Morgan fingerprint density at radius 3 is 2.89 bits per heavy atom. The Labute approximate surface area is 110 Å². The molecule has 3 rings (SSSR count). The second-order valence-corrected chi connectivity index (χ2v) is 4.37. The Morgan fingerprint density at radius 1 is 1.21 bits per heavy atom. The zero-order chi connectivity index (χ0) is 13.2. The fourth-order valence-electron chi connectivity index (χ4n) is 2.07. The standard InChI is InChI=1S/C14H14N4O/c1-9-8-11(10-4-2-3-5-12(10)16-9)14-18-17-13(19-14)6-7-15/h2-5,8H,6-7,15H2,1H3. The van der Waals surface area contributed by atoms with Gasteiger partial charge in [0.05, 0.1) is 5.52 Å². The van der Waals surface area contributed by atoms with Crippen LogP contribution in [0.25, 0.3) is 22.4 Å². The second kappa shape index (κ2) is 4.78. The van der Waals surface area contributed by atoms with Crippen LogP contribution in [-0.4, -0.2) is 21.7 Å². The Hall–Kier alpha value is -2.27. The largest absolute Gasteiger partial charge is 0.421 e. The van der Waals surface area contributed by atoms with Crippen molar-refractivity contribution < 1.29 is 4.42 Å². The van der Waals surface area contributed by atoms with Crippen molar-refractivity contribution in [2.45, 2.75) is 13.3 Å². The third kappa shape index (κ3) is 2.20. The van der Waals surface area contributed by atoms with Crippen molar-refractivity contribution in [2.75, 3.05) is 6.54 Å². The number of benzene rings is 1. The summed E-state index contributed by atoms with van der Waals surface area (Å²) in [6, 6.07) is 9.88. The van der Waals surface area contributed by atoms with E-state index >= 15 is 0 Å². The van der Waals surface area contributed by atoms with Crippen molar-refractivity contribution in [3.63, 3.8) is 0 Å². The summed E-state index contributed by atoms with van der Waals surface area (Å²) in [5, 5.41) is 9.11. The molecule has 5 heteroatoms. The normalized spacial score (nSPS) is 11.1. The zero-order valence-corrected chi connectivity index (χ0v) is 10.6. The molecule has 2 N–H and O–H groups in total. The SMILES string of the molecule is Cc1cc(-c2nnc(CCN)o2)c2ccccc2n1. The van der Waals surface area contributed by atoms with Gasteiger partial charge in [0, 0.05) is 29.6 Å². The van der Waals surface area contributed by atoms with Crippen molar-refractivity contribution >= 4 is 10.9 Å². The lowest BCUT2D eigenvalue weighted by atomic mass is 10.1. The first-order chi connectivity index (χ1) is 9.28. The van der Waals surface area contributed by atoms with Gasteiger partial charge in [-0.1, -0.05) is 18.2 Å². The van der Waals surface area contributed by atoms with Crippen LogP contribution in [0.3, 0.4) is 0 Å². The Morgan fingerprint density at radius 2 is 2.05 bits per heavy atom. The zero-order valence-electron chi connectivity index (χ0n) is 10.6. The van der Waals surface area contributed by atoms with E-state index in [0.29, 0.717) is 24.7 Å². The van der Waals surface area contributed by atoms with Crippen LogP contribution in [0.1, 0.15) is 11.6 Å². The van der Waals surface area contributed by atoms with E-state index < -0.39 is 0 Å². The van der Waals surface area contributed by atoms with Crippen molar-refractivity contribution in [3.8, 4) is 11.5 Å². The number of hydrogen-bond acceptors (Lipinski definition) is 5. The van der Waals surface area contributed by atoms with Crippen molar-refractivity contribution in [1.29, 1.82) is 0 Å². The van der Waals surface area contributed by atoms with Gasteiger partial charge in [-0.05, 0) is 19.1 Å². The maximum absolute atomic E-state index is 5.64.